The highest BCUT2D eigenvalue weighted by molar-refractivity contribution is 5.97. The van der Waals surface area contributed by atoms with Crippen molar-refractivity contribution in [2.75, 3.05) is 13.6 Å². The van der Waals surface area contributed by atoms with Gasteiger partial charge in [-0.3, -0.25) is 4.79 Å². The van der Waals surface area contributed by atoms with E-state index < -0.39 is 0 Å². The molecule has 0 aliphatic carbocycles. The second-order valence-electron chi connectivity index (χ2n) is 2.74. The largest absolute Gasteiger partial charge is 0.504 e. The first-order chi connectivity index (χ1) is 7.15. The lowest BCUT2D eigenvalue weighted by Gasteiger charge is -2.00. The second kappa shape index (κ2) is 6.84. The van der Waals surface area contributed by atoms with Crippen molar-refractivity contribution in [2.24, 2.45) is 0 Å². The molecule has 0 bridgehead atoms. The lowest BCUT2D eigenvalue weighted by molar-refractivity contribution is -0.614. The predicted molar refractivity (Wildman–Crippen MR) is 58.2 cm³/mol. The average Bonchev–Trinajstić information content (AvgIpc) is 2.25. The van der Waals surface area contributed by atoms with Crippen molar-refractivity contribution in [3.8, 4) is 11.5 Å². The standard InChI is InChI=1S/C9H11NO3.C2H6/c1-10-5-9(13)6-2-3-7(11)8(12)4-6;1-2/h2-4,10-12H,5H2,1H3;1-2H3/p+1. The molecule has 4 heteroatoms. The number of aromatic hydroxyl groups is 2. The van der Waals surface area contributed by atoms with Gasteiger partial charge in [0.2, 0.25) is 5.78 Å². The van der Waals surface area contributed by atoms with Crippen molar-refractivity contribution in [1.29, 1.82) is 0 Å². The first-order valence-electron chi connectivity index (χ1n) is 4.98. The van der Waals surface area contributed by atoms with Crippen molar-refractivity contribution in [1.82, 2.24) is 0 Å². The molecule has 0 aliphatic rings. The Bertz CT molecular complexity index is 324. The minimum absolute atomic E-state index is 0.0715. The SMILES string of the molecule is CC.C[NH2+]CC(=O)c1ccc(O)c(O)c1. The maximum absolute atomic E-state index is 11.3. The Morgan fingerprint density at radius 1 is 1.27 bits per heavy atom. The van der Waals surface area contributed by atoms with Crippen molar-refractivity contribution in [3.63, 3.8) is 0 Å². The quantitative estimate of drug-likeness (QED) is 0.504. The number of carbonyl (C=O) groups is 1. The van der Waals surface area contributed by atoms with Crippen molar-refractivity contribution >= 4 is 5.78 Å². The molecular formula is C11H18NO3+. The zero-order chi connectivity index (χ0) is 11.8. The van der Waals surface area contributed by atoms with Crippen LogP contribution in [0.25, 0.3) is 0 Å². The molecule has 15 heavy (non-hydrogen) atoms. The Kier molecular flexibility index (Phi) is 6.13. The first kappa shape index (κ1) is 13.4. The zero-order valence-corrected chi connectivity index (χ0v) is 9.32. The Hall–Kier alpha value is -1.55. The van der Waals surface area contributed by atoms with E-state index >= 15 is 0 Å². The normalized spacial score (nSPS) is 9.00. The van der Waals surface area contributed by atoms with Gasteiger partial charge in [0.1, 0.15) is 6.54 Å². The summed E-state index contributed by atoms with van der Waals surface area (Å²) in [4.78, 5) is 11.3. The topological polar surface area (TPSA) is 74.1 Å². The summed E-state index contributed by atoms with van der Waals surface area (Å²) in [6.45, 7) is 4.34. The molecule has 0 amide bonds. The molecule has 0 fully saturated rings. The number of likely N-dealkylation sites (N-methyl/N-ethyl adjacent to an activating group) is 1. The molecule has 1 rings (SSSR count). The van der Waals surface area contributed by atoms with Gasteiger partial charge in [0.05, 0.1) is 7.05 Å². The summed E-state index contributed by atoms with van der Waals surface area (Å²) in [7, 11) is 1.79. The Balaban J connectivity index is 0.000000921. The molecule has 0 unspecified atom stereocenters. The molecule has 0 heterocycles. The van der Waals surface area contributed by atoms with Crippen LogP contribution in [0, 0.1) is 0 Å². The van der Waals surface area contributed by atoms with E-state index in [1.807, 2.05) is 13.8 Å². The number of benzene rings is 1. The van der Waals surface area contributed by atoms with Crippen molar-refractivity contribution in [3.05, 3.63) is 23.8 Å². The fourth-order valence-corrected chi connectivity index (χ4v) is 1.00. The second-order valence-corrected chi connectivity index (χ2v) is 2.74. The summed E-state index contributed by atoms with van der Waals surface area (Å²) in [6.07, 6.45) is 0. The number of phenols is 2. The van der Waals surface area contributed by atoms with Gasteiger partial charge in [0.15, 0.2) is 11.5 Å². The maximum atomic E-state index is 11.3. The van der Waals surface area contributed by atoms with Crippen LogP contribution < -0.4 is 5.32 Å². The number of nitrogens with two attached hydrogens (primary N) is 1. The van der Waals surface area contributed by atoms with Crippen LogP contribution in [-0.4, -0.2) is 29.6 Å². The summed E-state index contributed by atoms with van der Waals surface area (Å²) in [5, 5.41) is 19.8. The van der Waals surface area contributed by atoms with E-state index in [-0.39, 0.29) is 17.3 Å². The number of ketones is 1. The third kappa shape index (κ3) is 3.99. The molecule has 0 saturated heterocycles. The van der Waals surface area contributed by atoms with Crippen LogP contribution in [-0.2, 0) is 0 Å². The lowest BCUT2D eigenvalue weighted by Crippen LogP contribution is -2.81. The lowest BCUT2D eigenvalue weighted by atomic mass is 10.1. The van der Waals surface area contributed by atoms with Gasteiger partial charge in [-0.1, -0.05) is 13.8 Å². The van der Waals surface area contributed by atoms with Gasteiger partial charge in [0, 0.05) is 5.56 Å². The van der Waals surface area contributed by atoms with Gasteiger partial charge < -0.3 is 15.5 Å². The van der Waals surface area contributed by atoms with Gasteiger partial charge >= 0.3 is 0 Å². The maximum Gasteiger partial charge on any atom is 0.216 e. The van der Waals surface area contributed by atoms with Gasteiger partial charge in [0.25, 0.3) is 0 Å². The monoisotopic (exact) mass is 212 g/mol. The Morgan fingerprint density at radius 3 is 2.33 bits per heavy atom. The van der Waals surface area contributed by atoms with Crippen molar-refractivity contribution in [2.45, 2.75) is 13.8 Å². The summed E-state index contributed by atoms with van der Waals surface area (Å²) in [5.41, 5.74) is 0.411. The number of quaternary nitrogens is 1. The fraction of sp³-hybridized carbons (Fsp3) is 0.364. The number of rotatable bonds is 3. The van der Waals surface area contributed by atoms with Gasteiger partial charge in [-0.25, -0.2) is 0 Å². The summed E-state index contributed by atoms with van der Waals surface area (Å²) in [5.74, 6) is -0.545. The number of carbonyl (C=O) groups excluding carboxylic acids is 1. The minimum Gasteiger partial charge on any atom is -0.504 e. The smallest absolute Gasteiger partial charge is 0.216 e. The van der Waals surface area contributed by atoms with Crippen LogP contribution in [0.15, 0.2) is 18.2 Å². The molecule has 84 valence electrons. The third-order valence-corrected chi connectivity index (χ3v) is 1.69. The molecule has 0 spiro atoms. The van der Waals surface area contributed by atoms with Crippen molar-refractivity contribution < 1.29 is 20.3 Å². The molecule has 4 N–H and O–H groups in total. The molecule has 0 radical (unpaired) electrons. The molecule has 0 aromatic heterocycles. The Morgan fingerprint density at radius 2 is 1.87 bits per heavy atom. The van der Waals surface area contributed by atoms with Crippen LogP contribution in [0.3, 0.4) is 0 Å². The number of hydrogen-bond donors (Lipinski definition) is 3. The molecule has 0 aliphatic heterocycles. The first-order valence-corrected chi connectivity index (χ1v) is 4.98. The Labute approximate surface area is 89.6 Å². The minimum atomic E-state index is -0.262. The predicted octanol–water partition coefficient (Wildman–Crippen LogP) is 0.500. The summed E-state index contributed by atoms with van der Waals surface area (Å²) < 4.78 is 0. The van der Waals surface area contributed by atoms with E-state index in [1.165, 1.54) is 18.2 Å². The zero-order valence-electron chi connectivity index (χ0n) is 9.32. The van der Waals surface area contributed by atoms with E-state index in [0.717, 1.165) is 0 Å². The van der Waals surface area contributed by atoms with Crippen LogP contribution in [0.2, 0.25) is 0 Å². The molecule has 1 aromatic carbocycles. The molecule has 4 nitrogen and oxygen atoms in total. The summed E-state index contributed by atoms with van der Waals surface area (Å²) in [6, 6.07) is 4.06. The van der Waals surface area contributed by atoms with E-state index in [4.69, 9.17) is 10.2 Å². The highest BCUT2D eigenvalue weighted by Gasteiger charge is 2.08. The van der Waals surface area contributed by atoms with Gasteiger partial charge in [-0.2, -0.15) is 0 Å². The van der Waals surface area contributed by atoms with Crippen LogP contribution in [0.1, 0.15) is 24.2 Å². The highest BCUT2D eigenvalue weighted by atomic mass is 16.3. The third-order valence-electron chi connectivity index (χ3n) is 1.69. The molecule has 0 atom stereocenters. The summed E-state index contributed by atoms with van der Waals surface area (Å²) >= 11 is 0. The highest BCUT2D eigenvalue weighted by Crippen LogP contribution is 2.24. The van der Waals surface area contributed by atoms with E-state index in [2.05, 4.69) is 0 Å². The average molecular weight is 212 g/mol. The number of hydrogen-bond acceptors (Lipinski definition) is 3. The van der Waals surface area contributed by atoms with Gasteiger partial charge in [-0.15, -0.1) is 0 Å². The van der Waals surface area contributed by atoms with Crippen LogP contribution >= 0.6 is 0 Å². The molecular weight excluding hydrogens is 194 g/mol. The molecule has 0 saturated carbocycles. The van der Waals surface area contributed by atoms with Gasteiger partial charge in [-0.05, 0) is 18.2 Å². The van der Waals surface area contributed by atoms with E-state index in [1.54, 1.807) is 12.4 Å². The van der Waals surface area contributed by atoms with E-state index in [9.17, 15) is 4.79 Å². The number of Topliss-reactive ketones (excluding diaryl/α,β-unsaturated/α-hetero) is 1. The molecule has 1 aromatic rings. The fourth-order valence-electron chi connectivity index (χ4n) is 1.00. The van der Waals surface area contributed by atoms with Crippen LogP contribution in [0.5, 0.6) is 11.5 Å². The van der Waals surface area contributed by atoms with E-state index in [0.29, 0.717) is 12.1 Å². The van der Waals surface area contributed by atoms with Crippen LogP contribution in [0.4, 0.5) is 0 Å². The number of phenolic OH excluding ortho intramolecular Hbond substituents is 2.